The largest absolute Gasteiger partial charge is 0.0879 e. The van der Waals surface area contributed by atoms with Crippen molar-refractivity contribution in [3.05, 3.63) is 30.7 Å². The second kappa shape index (κ2) is 2.71. The molecule has 0 aromatic rings. The molecule has 0 aromatic heterocycles. The fraction of sp³-hybridized carbons (Fsp3) is 0.375. The summed E-state index contributed by atoms with van der Waals surface area (Å²) in [4.78, 5) is 0. The third-order valence-electron chi connectivity index (χ3n) is 1.45. The van der Waals surface area contributed by atoms with Gasteiger partial charge in [0.1, 0.15) is 0 Å². The monoisotopic (exact) mass is 107 g/mol. The van der Waals surface area contributed by atoms with E-state index in [0.29, 0.717) is 0 Å². The number of allylic oxidation sites excluding steroid dienone is 4. The molecule has 8 heavy (non-hydrogen) atoms. The van der Waals surface area contributed by atoms with Gasteiger partial charge >= 0.3 is 0 Å². The highest BCUT2D eigenvalue weighted by Crippen LogP contribution is 2.20. The smallest absolute Gasteiger partial charge is 0.0139 e. The molecule has 0 unspecified atom stereocenters. The van der Waals surface area contributed by atoms with Crippen LogP contribution < -0.4 is 0 Å². The highest BCUT2D eigenvalue weighted by atomic mass is 14.1. The molecule has 0 bridgehead atoms. The Morgan fingerprint density at radius 1 is 1.75 bits per heavy atom. The first-order chi connectivity index (χ1) is 3.93. The van der Waals surface area contributed by atoms with Crippen LogP contribution in [0.5, 0.6) is 0 Å². The van der Waals surface area contributed by atoms with E-state index in [-0.39, 0.29) is 0 Å². The van der Waals surface area contributed by atoms with E-state index in [4.69, 9.17) is 0 Å². The van der Waals surface area contributed by atoms with E-state index in [1.165, 1.54) is 12.8 Å². The zero-order valence-corrected chi connectivity index (χ0v) is 5.06. The molecule has 0 saturated heterocycles. The van der Waals surface area contributed by atoms with Crippen LogP contribution in [0.1, 0.15) is 19.3 Å². The van der Waals surface area contributed by atoms with Crippen LogP contribution in [0, 0.1) is 6.92 Å². The predicted molar refractivity (Wildman–Crippen MR) is 36.4 cm³/mol. The molecular weight excluding hydrogens is 96.1 g/mol. The molecule has 1 aliphatic rings. The Labute approximate surface area is 50.9 Å². The van der Waals surface area contributed by atoms with Crippen molar-refractivity contribution >= 4 is 0 Å². The highest BCUT2D eigenvalue weighted by molar-refractivity contribution is 5.15. The van der Waals surface area contributed by atoms with Crippen LogP contribution in [0.3, 0.4) is 0 Å². The van der Waals surface area contributed by atoms with Crippen LogP contribution in [-0.2, 0) is 0 Å². The van der Waals surface area contributed by atoms with Gasteiger partial charge in [-0.1, -0.05) is 23.8 Å². The standard InChI is InChI=1S/C8H11/c1-2-3-5-8-6-4-7-8/h2-3,6H,1,4-5,7H2. The first kappa shape index (κ1) is 5.61. The molecule has 0 heteroatoms. The van der Waals surface area contributed by atoms with Gasteiger partial charge in [0, 0.05) is 0 Å². The lowest BCUT2D eigenvalue weighted by molar-refractivity contribution is 0.841. The maximum atomic E-state index is 3.61. The summed E-state index contributed by atoms with van der Waals surface area (Å²) < 4.78 is 0. The highest BCUT2D eigenvalue weighted by Gasteiger charge is 2.01. The van der Waals surface area contributed by atoms with Crippen LogP contribution in [0.15, 0.2) is 23.8 Å². The molecule has 0 atom stereocenters. The van der Waals surface area contributed by atoms with E-state index in [1.54, 1.807) is 5.57 Å². The Morgan fingerprint density at radius 3 is 2.88 bits per heavy atom. The molecule has 0 nitrogen and oxygen atoms in total. The second-order valence-electron chi connectivity index (χ2n) is 2.08. The Bertz CT molecular complexity index is 118. The van der Waals surface area contributed by atoms with Crippen molar-refractivity contribution in [1.82, 2.24) is 0 Å². The maximum Gasteiger partial charge on any atom is -0.0139 e. The van der Waals surface area contributed by atoms with E-state index in [1.807, 2.05) is 6.08 Å². The number of hydrogen-bond acceptors (Lipinski definition) is 0. The van der Waals surface area contributed by atoms with Crippen LogP contribution in [-0.4, -0.2) is 0 Å². The zero-order valence-electron chi connectivity index (χ0n) is 5.06. The minimum absolute atomic E-state index is 1.13. The van der Waals surface area contributed by atoms with Gasteiger partial charge in [-0.2, -0.15) is 0 Å². The summed E-state index contributed by atoms with van der Waals surface area (Å²) in [5.74, 6) is 0. The predicted octanol–water partition coefficient (Wildman–Crippen LogP) is 2.49. The normalized spacial score (nSPS) is 18.4. The van der Waals surface area contributed by atoms with Gasteiger partial charge in [0.05, 0.1) is 0 Å². The fourth-order valence-corrected chi connectivity index (χ4v) is 0.769. The van der Waals surface area contributed by atoms with Crippen molar-refractivity contribution in [1.29, 1.82) is 0 Å². The first-order valence-electron chi connectivity index (χ1n) is 3.05. The molecule has 1 aliphatic carbocycles. The molecule has 0 aliphatic heterocycles. The van der Waals surface area contributed by atoms with Crippen LogP contribution in [0.25, 0.3) is 0 Å². The van der Waals surface area contributed by atoms with Gasteiger partial charge in [-0.25, -0.2) is 0 Å². The van der Waals surface area contributed by atoms with Gasteiger partial charge in [0.25, 0.3) is 0 Å². The lowest BCUT2D eigenvalue weighted by Crippen LogP contribution is -1.90. The second-order valence-corrected chi connectivity index (χ2v) is 2.08. The summed E-state index contributed by atoms with van der Waals surface area (Å²) in [6, 6.07) is 0. The summed E-state index contributed by atoms with van der Waals surface area (Å²) in [6.45, 7) is 3.61. The van der Waals surface area contributed by atoms with Gasteiger partial charge < -0.3 is 0 Å². The summed E-state index contributed by atoms with van der Waals surface area (Å²) in [5.41, 5.74) is 1.57. The van der Waals surface area contributed by atoms with Crippen molar-refractivity contribution in [2.45, 2.75) is 19.3 Å². The van der Waals surface area contributed by atoms with E-state index in [0.717, 1.165) is 6.42 Å². The summed E-state index contributed by atoms with van der Waals surface area (Å²) in [7, 11) is 0. The van der Waals surface area contributed by atoms with Gasteiger partial charge in [-0.3, -0.25) is 0 Å². The average molecular weight is 107 g/mol. The third-order valence-corrected chi connectivity index (χ3v) is 1.45. The topological polar surface area (TPSA) is 0 Å². The lowest BCUT2D eigenvalue weighted by Gasteiger charge is -2.10. The van der Waals surface area contributed by atoms with E-state index < -0.39 is 0 Å². The quantitative estimate of drug-likeness (QED) is 0.475. The van der Waals surface area contributed by atoms with Crippen molar-refractivity contribution in [2.75, 3.05) is 0 Å². The minimum Gasteiger partial charge on any atom is -0.0879 e. The average Bonchev–Trinajstić information content (AvgIpc) is 1.63. The zero-order chi connectivity index (χ0) is 5.82. The Kier molecular flexibility index (Phi) is 1.90. The Balaban J connectivity index is 2.19. The molecule has 0 amide bonds. The van der Waals surface area contributed by atoms with Crippen LogP contribution in [0.4, 0.5) is 0 Å². The Morgan fingerprint density at radius 2 is 2.50 bits per heavy atom. The molecule has 0 aromatic carbocycles. The number of hydrogen-bond donors (Lipinski definition) is 0. The fourth-order valence-electron chi connectivity index (χ4n) is 0.769. The molecule has 1 radical (unpaired) electrons. The van der Waals surface area contributed by atoms with Crippen LogP contribution in [0.2, 0.25) is 0 Å². The van der Waals surface area contributed by atoms with Crippen LogP contribution >= 0.6 is 0 Å². The molecule has 0 N–H and O–H groups in total. The van der Waals surface area contributed by atoms with Crippen molar-refractivity contribution < 1.29 is 0 Å². The molecule has 0 saturated carbocycles. The molecule has 0 fully saturated rings. The first-order valence-corrected chi connectivity index (χ1v) is 3.05. The van der Waals surface area contributed by atoms with Gasteiger partial charge in [-0.15, -0.1) is 0 Å². The summed E-state index contributed by atoms with van der Waals surface area (Å²) in [6.07, 6.45) is 9.98. The van der Waals surface area contributed by atoms with Crippen molar-refractivity contribution in [3.8, 4) is 0 Å². The van der Waals surface area contributed by atoms with Gasteiger partial charge in [0.15, 0.2) is 0 Å². The van der Waals surface area contributed by atoms with E-state index >= 15 is 0 Å². The van der Waals surface area contributed by atoms with E-state index in [9.17, 15) is 0 Å². The Hall–Kier alpha value is -0.520. The van der Waals surface area contributed by atoms with Crippen molar-refractivity contribution in [2.24, 2.45) is 0 Å². The molecule has 0 heterocycles. The van der Waals surface area contributed by atoms with Gasteiger partial charge in [0.2, 0.25) is 0 Å². The summed E-state index contributed by atoms with van der Waals surface area (Å²) in [5, 5.41) is 0. The maximum absolute atomic E-state index is 3.61. The number of rotatable bonds is 2. The SMILES string of the molecule is [CH2]C=CCC1=CCC1. The molecule has 1 rings (SSSR count). The van der Waals surface area contributed by atoms with E-state index in [2.05, 4.69) is 19.1 Å². The molecule has 0 spiro atoms. The summed E-state index contributed by atoms with van der Waals surface area (Å²) >= 11 is 0. The van der Waals surface area contributed by atoms with Gasteiger partial charge in [-0.05, 0) is 26.2 Å². The molecule has 43 valence electrons. The lowest BCUT2D eigenvalue weighted by atomic mass is 9.96. The molecular formula is C8H11. The third kappa shape index (κ3) is 1.22. The minimum atomic E-state index is 1.13. The van der Waals surface area contributed by atoms with Crippen molar-refractivity contribution in [3.63, 3.8) is 0 Å².